The van der Waals surface area contributed by atoms with Crippen LogP contribution in [0.15, 0.2) is 65.3 Å². The van der Waals surface area contributed by atoms with Gasteiger partial charge in [-0.05, 0) is 55.5 Å². The molecule has 0 bridgehead atoms. The maximum atomic E-state index is 12.4. The van der Waals surface area contributed by atoms with Gasteiger partial charge in [-0.25, -0.2) is 9.78 Å². The number of amides is 2. The molecule has 0 aliphatic carbocycles. The highest BCUT2D eigenvalue weighted by atomic mass is 16.5. The Bertz CT molecular complexity index is 997. The Hall–Kier alpha value is -3.94. The number of hydrogen-bond acceptors (Lipinski definition) is 6. The highest BCUT2D eigenvalue weighted by Crippen LogP contribution is 2.12. The predicted molar refractivity (Wildman–Crippen MR) is 104 cm³/mol. The molecular formula is C21H19N3O5. The number of nitrogens with zero attached hydrogens (tertiary/aromatic N) is 1. The first kappa shape index (κ1) is 19.8. The maximum Gasteiger partial charge on any atom is 0.338 e. The second-order valence-electron chi connectivity index (χ2n) is 5.92. The molecule has 0 radical (unpaired) electrons. The van der Waals surface area contributed by atoms with Crippen LogP contribution >= 0.6 is 0 Å². The molecule has 2 heterocycles. The first-order chi connectivity index (χ1) is 14.1. The maximum absolute atomic E-state index is 12.4. The summed E-state index contributed by atoms with van der Waals surface area (Å²) in [6.45, 7) is 2.23. The van der Waals surface area contributed by atoms with E-state index < -0.39 is 17.8 Å². The largest absolute Gasteiger partial charge is 0.467 e. The molecule has 2 aromatic heterocycles. The van der Waals surface area contributed by atoms with Crippen LogP contribution in [0, 0.1) is 0 Å². The number of ether oxygens (including phenoxy) is 1. The molecule has 0 atom stereocenters. The van der Waals surface area contributed by atoms with Crippen molar-refractivity contribution in [1.29, 1.82) is 0 Å². The van der Waals surface area contributed by atoms with Crippen molar-refractivity contribution >= 4 is 23.5 Å². The van der Waals surface area contributed by atoms with E-state index in [0.29, 0.717) is 17.0 Å². The predicted octanol–water partition coefficient (Wildman–Crippen LogP) is 3.03. The summed E-state index contributed by atoms with van der Waals surface area (Å²) >= 11 is 0. The van der Waals surface area contributed by atoms with E-state index >= 15 is 0 Å². The van der Waals surface area contributed by atoms with Crippen molar-refractivity contribution < 1.29 is 23.5 Å². The van der Waals surface area contributed by atoms with Gasteiger partial charge in [-0.1, -0.05) is 6.07 Å². The Morgan fingerprint density at radius 3 is 2.34 bits per heavy atom. The number of furan rings is 1. The van der Waals surface area contributed by atoms with Gasteiger partial charge in [0.05, 0.1) is 25.0 Å². The van der Waals surface area contributed by atoms with Gasteiger partial charge in [0, 0.05) is 5.69 Å². The van der Waals surface area contributed by atoms with E-state index in [9.17, 15) is 14.4 Å². The minimum absolute atomic E-state index is 0.0881. The monoisotopic (exact) mass is 393 g/mol. The van der Waals surface area contributed by atoms with Crippen molar-refractivity contribution in [3.63, 3.8) is 0 Å². The Balaban J connectivity index is 1.63. The molecule has 0 unspecified atom stereocenters. The molecule has 8 nitrogen and oxygen atoms in total. The van der Waals surface area contributed by atoms with Gasteiger partial charge in [-0.3, -0.25) is 9.59 Å². The summed E-state index contributed by atoms with van der Waals surface area (Å²) in [4.78, 5) is 40.5. The van der Waals surface area contributed by atoms with Gasteiger partial charge in [-0.15, -0.1) is 0 Å². The van der Waals surface area contributed by atoms with Crippen LogP contribution in [-0.2, 0) is 11.3 Å². The second-order valence-corrected chi connectivity index (χ2v) is 5.92. The number of pyridine rings is 1. The van der Waals surface area contributed by atoms with Crippen LogP contribution in [0.25, 0.3) is 0 Å². The molecule has 148 valence electrons. The lowest BCUT2D eigenvalue weighted by atomic mass is 10.2. The van der Waals surface area contributed by atoms with Crippen molar-refractivity contribution in [3.05, 3.63) is 83.6 Å². The van der Waals surface area contributed by atoms with E-state index in [1.165, 1.54) is 18.4 Å². The van der Waals surface area contributed by atoms with Gasteiger partial charge in [0.1, 0.15) is 17.1 Å². The fourth-order valence-corrected chi connectivity index (χ4v) is 2.46. The van der Waals surface area contributed by atoms with Crippen LogP contribution in [0.5, 0.6) is 0 Å². The van der Waals surface area contributed by atoms with Gasteiger partial charge in [-0.2, -0.15) is 0 Å². The lowest BCUT2D eigenvalue weighted by molar-refractivity contribution is 0.0526. The average Bonchev–Trinajstić information content (AvgIpc) is 3.26. The SMILES string of the molecule is CCOC(=O)c1ccc(NC(=O)c2cccc(C(=O)NCc3ccco3)n2)cc1. The number of carbonyl (C=O) groups is 3. The lowest BCUT2D eigenvalue weighted by Gasteiger charge is -2.08. The molecule has 0 saturated carbocycles. The quantitative estimate of drug-likeness (QED) is 0.597. The van der Waals surface area contributed by atoms with E-state index in [1.807, 2.05) is 0 Å². The number of benzene rings is 1. The standard InChI is InChI=1S/C21H19N3O5/c1-2-28-21(27)14-8-10-15(11-9-14)23-20(26)18-7-3-6-17(24-18)19(25)22-13-16-5-4-12-29-16/h3-12H,2,13H2,1H3,(H,22,25)(H,23,26). The number of hydrogen-bond donors (Lipinski definition) is 2. The van der Waals surface area contributed by atoms with Crippen LogP contribution in [0.2, 0.25) is 0 Å². The molecule has 0 spiro atoms. The van der Waals surface area contributed by atoms with E-state index in [0.717, 1.165) is 0 Å². The molecule has 0 fully saturated rings. The Morgan fingerprint density at radius 1 is 0.966 bits per heavy atom. The van der Waals surface area contributed by atoms with Gasteiger partial charge < -0.3 is 19.8 Å². The van der Waals surface area contributed by atoms with Crippen molar-refractivity contribution in [2.24, 2.45) is 0 Å². The van der Waals surface area contributed by atoms with Crippen molar-refractivity contribution in [2.75, 3.05) is 11.9 Å². The fourth-order valence-electron chi connectivity index (χ4n) is 2.46. The number of esters is 1. The minimum atomic E-state index is -0.477. The Labute approximate surface area is 166 Å². The molecule has 29 heavy (non-hydrogen) atoms. The molecule has 8 heteroatoms. The molecule has 1 aromatic carbocycles. The van der Waals surface area contributed by atoms with Crippen LogP contribution in [0.4, 0.5) is 5.69 Å². The van der Waals surface area contributed by atoms with Crippen LogP contribution in [0.3, 0.4) is 0 Å². The first-order valence-electron chi connectivity index (χ1n) is 8.93. The fraction of sp³-hybridized carbons (Fsp3) is 0.143. The van der Waals surface area contributed by atoms with Gasteiger partial charge >= 0.3 is 5.97 Å². The zero-order chi connectivity index (χ0) is 20.6. The third kappa shape index (κ3) is 5.29. The minimum Gasteiger partial charge on any atom is -0.467 e. The summed E-state index contributed by atoms with van der Waals surface area (Å²) in [6.07, 6.45) is 1.52. The molecule has 0 aliphatic rings. The Morgan fingerprint density at radius 2 is 1.69 bits per heavy atom. The first-order valence-corrected chi connectivity index (χ1v) is 8.93. The zero-order valence-electron chi connectivity index (χ0n) is 15.7. The average molecular weight is 393 g/mol. The number of aromatic nitrogens is 1. The Kier molecular flexibility index (Phi) is 6.36. The van der Waals surface area contributed by atoms with Crippen molar-refractivity contribution in [3.8, 4) is 0 Å². The van der Waals surface area contributed by atoms with E-state index in [2.05, 4.69) is 15.6 Å². The van der Waals surface area contributed by atoms with Crippen molar-refractivity contribution in [1.82, 2.24) is 10.3 Å². The number of rotatable bonds is 7. The summed E-state index contributed by atoms with van der Waals surface area (Å²) in [5.74, 6) is -0.719. The lowest BCUT2D eigenvalue weighted by Crippen LogP contribution is -2.24. The molecule has 2 N–H and O–H groups in total. The van der Waals surface area contributed by atoms with Gasteiger partial charge in [0.25, 0.3) is 11.8 Å². The third-order valence-corrected chi connectivity index (χ3v) is 3.87. The molecule has 0 aliphatic heterocycles. The van der Waals surface area contributed by atoms with Crippen LogP contribution in [0.1, 0.15) is 44.0 Å². The van der Waals surface area contributed by atoms with Crippen LogP contribution in [-0.4, -0.2) is 29.4 Å². The van der Waals surface area contributed by atoms with E-state index in [-0.39, 0.29) is 24.5 Å². The topological polar surface area (TPSA) is 111 Å². The summed E-state index contributed by atoms with van der Waals surface area (Å²) < 4.78 is 10.1. The summed E-state index contributed by atoms with van der Waals surface area (Å²) in [6, 6.07) is 14.4. The second kappa shape index (κ2) is 9.32. The summed E-state index contributed by atoms with van der Waals surface area (Å²) in [5, 5.41) is 5.35. The number of anilines is 1. The molecule has 3 rings (SSSR count). The summed E-state index contributed by atoms with van der Waals surface area (Å²) in [5.41, 5.74) is 1.07. The molecular weight excluding hydrogens is 374 g/mol. The van der Waals surface area contributed by atoms with E-state index in [1.54, 1.807) is 49.4 Å². The van der Waals surface area contributed by atoms with Gasteiger partial charge in [0.15, 0.2) is 0 Å². The molecule has 3 aromatic rings. The zero-order valence-corrected chi connectivity index (χ0v) is 15.7. The number of carbonyl (C=O) groups excluding carboxylic acids is 3. The number of nitrogens with one attached hydrogen (secondary N) is 2. The van der Waals surface area contributed by atoms with Crippen molar-refractivity contribution in [2.45, 2.75) is 13.5 Å². The smallest absolute Gasteiger partial charge is 0.338 e. The normalized spacial score (nSPS) is 10.2. The highest BCUT2D eigenvalue weighted by molar-refractivity contribution is 6.04. The molecule has 0 saturated heterocycles. The van der Waals surface area contributed by atoms with Gasteiger partial charge in [0.2, 0.25) is 0 Å². The summed E-state index contributed by atoms with van der Waals surface area (Å²) in [7, 11) is 0. The third-order valence-electron chi connectivity index (χ3n) is 3.87. The van der Waals surface area contributed by atoms with E-state index in [4.69, 9.17) is 9.15 Å². The molecule has 2 amide bonds. The van der Waals surface area contributed by atoms with Crippen LogP contribution < -0.4 is 10.6 Å². The highest BCUT2D eigenvalue weighted by Gasteiger charge is 2.13.